The average Bonchev–Trinajstić information content (AvgIpc) is 3.15. The van der Waals surface area contributed by atoms with Gasteiger partial charge in [0.15, 0.2) is 0 Å². The molecule has 0 spiro atoms. The van der Waals surface area contributed by atoms with Crippen LogP contribution in [0.3, 0.4) is 0 Å². The quantitative estimate of drug-likeness (QED) is 0.324. The van der Waals surface area contributed by atoms with Crippen molar-refractivity contribution in [3.05, 3.63) is 98.9 Å². The van der Waals surface area contributed by atoms with E-state index in [1.165, 1.54) is 12.1 Å². The number of hydrogen-bond donors (Lipinski definition) is 2. The fraction of sp³-hybridized carbons (Fsp3) is 0.160. The molecule has 162 valence electrons. The number of aromatic nitrogens is 1. The summed E-state index contributed by atoms with van der Waals surface area (Å²) in [6.07, 6.45) is 0.676. The van der Waals surface area contributed by atoms with Crippen LogP contribution in [0.2, 0.25) is 10.0 Å². The molecule has 1 aliphatic heterocycles. The van der Waals surface area contributed by atoms with Gasteiger partial charge in [0.05, 0.1) is 6.04 Å². The molecule has 7 heteroatoms. The summed E-state index contributed by atoms with van der Waals surface area (Å²) in [7, 11) is 0. The molecule has 0 fully saturated rings. The highest BCUT2D eigenvalue weighted by Gasteiger charge is 2.35. The monoisotopic (exact) mass is 467 g/mol. The maximum atomic E-state index is 13.7. The molecule has 4 nitrogen and oxygen atoms in total. The van der Waals surface area contributed by atoms with Crippen LogP contribution in [-0.4, -0.2) is 22.5 Å². The van der Waals surface area contributed by atoms with Crippen LogP contribution in [0, 0.1) is 12.7 Å². The Bertz CT molecular complexity index is 1330. The van der Waals surface area contributed by atoms with Gasteiger partial charge in [-0.3, -0.25) is 0 Å². The molecule has 0 aliphatic carbocycles. The molecule has 0 saturated heterocycles. The summed E-state index contributed by atoms with van der Waals surface area (Å²) in [5.41, 5.74) is 5.29. The van der Waals surface area contributed by atoms with Crippen LogP contribution in [0.4, 0.5) is 14.9 Å². The third-order valence-corrected chi connectivity index (χ3v) is 6.69. The summed E-state index contributed by atoms with van der Waals surface area (Å²) in [5.74, 6) is -0.321. The number of carbonyl (C=O) groups excluding carboxylic acids is 1. The van der Waals surface area contributed by atoms with Crippen LogP contribution < -0.4 is 5.32 Å². The molecule has 2 amide bonds. The van der Waals surface area contributed by atoms with E-state index < -0.39 is 6.04 Å². The number of urea groups is 1. The Morgan fingerprint density at radius 3 is 2.69 bits per heavy atom. The third-order valence-electron chi connectivity index (χ3n) is 6.04. The second-order valence-electron chi connectivity index (χ2n) is 7.95. The van der Waals surface area contributed by atoms with Crippen molar-refractivity contribution >= 4 is 45.8 Å². The van der Waals surface area contributed by atoms with Gasteiger partial charge < -0.3 is 15.2 Å². The fourth-order valence-corrected chi connectivity index (χ4v) is 4.75. The molecule has 5 rings (SSSR count). The minimum absolute atomic E-state index is 0.243. The lowest BCUT2D eigenvalue weighted by Crippen LogP contribution is -2.43. The van der Waals surface area contributed by atoms with Gasteiger partial charge in [-0.2, -0.15) is 0 Å². The maximum Gasteiger partial charge on any atom is 0.322 e. The number of aromatic amines is 1. The van der Waals surface area contributed by atoms with Gasteiger partial charge in [-0.05, 0) is 72.5 Å². The van der Waals surface area contributed by atoms with Crippen LogP contribution in [0.25, 0.3) is 10.9 Å². The highest BCUT2D eigenvalue weighted by Crippen LogP contribution is 2.39. The number of benzene rings is 3. The number of amides is 2. The van der Waals surface area contributed by atoms with Gasteiger partial charge in [-0.15, -0.1) is 0 Å². The first-order valence-electron chi connectivity index (χ1n) is 10.3. The maximum absolute atomic E-state index is 13.7. The van der Waals surface area contributed by atoms with E-state index in [-0.39, 0.29) is 11.8 Å². The molecule has 3 aromatic carbocycles. The van der Waals surface area contributed by atoms with Crippen molar-refractivity contribution in [3.8, 4) is 0 Å². The number of carbonyl (C=O) groups is 1. The first-order valence-corrected chi connectivity index (χ1v) is 11.1. The molecule has 1 atom stereocenters. The van der Waals surface area contributed by atoms with Crippen molar-refractivity contribution in [2.45, 2.75) is 19.4 Å². The Morgan fingerprint density at radius 1 is 1.12 bits per heavy atom. The lowest BCUT2D eigenvalue weighted by atomic mass is 9.92. The Labute approximate surface area is 194 Å². The minimum Gasteiger partial charge on any atom is -0.356 e. The Balaban J connectivity index is 1.59. The summed E-state index contributed by atoms with van der Waals surface area (Å²) < 4.78 is 13.7. The molecule has 0 bridgehead atoms. The number of anilines is 1. The van der Waals surface area contributed by atoms with E-state index >= 15 is 0 Å². The molecular weight excluding hydrogens is 448 g/mol. The van der Waals surface area contributed by atoms with E-state index in [4.69, 9.17) is 23.2 Å². The SMILES string of the molecule is Cc1c(Cl)cccc1NC(=O)N1CCc2c([nH]c3ccc(Cl)cc23)[C@H]1c1ccc(F)cc1. The normalized spacial score (nSPS) is 15.6. The number of fused-ring (bicyclic) bond motifs is 3. The zero-order valence-corrected chi connectivity index (χ0v) is 18.8. The summed E-state index contributed by atoms with van der Waals surface area (Å²) >= 11 is 12.5. The lowest BCUT2D eigenvalue weighted by Gasteiger charge is -2.36. The number of H-pyrrole nitrogens is 1. The van der Waals surface area contributed by atoms with Gasteiger partial charge in [0.1, 0.15) is 5.82 Å². The third kappa shape index (κ3) is 3.61. The molecule has 4 aromatic rings. The van der Waals surface area contributed by atoms with E-state index in [1.807, 2.05) is 31.2 Å². The smallest absolute Gasteiger partial charge is 0.322 e. The van der Waals surface area contributed by atoms with Crippen LogP contribution in [0.5, 0.6) is 0 Å². The van der Waals surface area contributed by atoms with E-state index in [2.05, 4.69) is 10.3 Å². The Hall–Kier alpha value is -3.02. The summed E-state index contributed by atoms with van der Waals surface area (Å²) in [5, 5.41) is 5.30. The first kappa shape index (κ1) is 20.9. The van der Waals surface area contributed by atoms with E-state index in [0.29, 0.717) is 28.7 Å². The first-order chi connectivity index (χ1) is 15.4. The number of hydrogen-bond acceptors (Lipinski definition) is 1. The molecule has 1 aliphatic rings. The van der Waals surface area contributed by atoms with Crippen LogP contribution in [0.1, 0.15) is 28.4 Å². The number of nitrogens with zero attached hydrogens (tertiary/aromatic N) is 1. The van der Waals surface area contributed by atoms with Crippen LogP contribution in [-0.2, 0) is 6.42 Å². The van der Waals surface area contributed by atoms with Gasteiger partial charge in [0, 0.05) is 38.9 Å². The molecule has 2 heterocycles. The second-order valence-corrected chi connectivity index (χ2v) is 8.79. The predicted molar refractivity (Wildman–Crippen MR) is 127 cm³/mol. The molecule has 0 saturated carbocycles. The Morgan fingerprint density at radius 2 is 1.91 bits per heavy atom. The summed E-state index contributed by atoms with van der Waals surface area (Å²) in [4.78, 5) is 18.7. The zero-order chi connectivity index (χ0) is 22.4. The van der Waals surface area contributed by atoms with E-state index in [9.17, 15) is 9.18 Å². The molecular formula is C25H20Cl2FN3O. The number of halogens is 3. The topological polar surface area (TPSA) is 48.1 Å². The Kier molecular flexibility index (Phi) is 5.31. The lowest BCUT2D eigenvalue weighted by molar-refractivity contribution is 0.193. The predicted octanol–water partition coefficient (Wildman–Crippen LogP) is 7.10. The molecule has 32 heavy (non-hydrogen) atoms. The van der Waals surface area contributed by atoms with Crippen molar-refractivity contribution in [3.63, 3.8) is 0 Å². The summed E-state index contributed by atoms with van der Waals surface area (Å²) in [6.45, 7) is 2.37. The molecule has 0 radical (unpaired) electrons. The van der Waals surface area contributed by atoms with Crippen molar-refractivity contribution < 1.29 is 9.18 Å². The highest BCUT2D eigenvalue weighted by atomic mass is 35.5. The van der Waals surface area contributed by atoms with Crippen molar-refractivity contribution in [2.24, 2.45) is 0 Å². The molecule has 0 unspecified atom stereocenters. The van der Waals surface area contributed by atoms with Crippen LogP contribution in [0.15, 0.2) is 60.7 Å². The van der Waals surface area contributed by atoms with Crippen LogP contribution >= 0.6 is 23.2 Å². The van der Waals surface area contributed by atoms with Crippen molar-refractivity contribution in [2.75, 3.05) is 11.9 Å². The van der Waals surface area contributed by atoms with Crippen molar-refractivity contribution in [1.29, 1.82) is 0 Å². The number of nitrogens with one attached hydrogen (secondary N) is 2. The second kappa shape index (κ2) is 8.15. The van der Waals surface area contributed by atoms with Crippen molar-refractivity contribution in [1.82, 2.24) is 9.88 Å². The fourth-order valence-electron chi connectivity index (χ4n) is 4.40. The van der Waals surface area contributed by atoms with Gasteiger partial charge >= 0.3 is 6.03 Å². The van der Waals surface area contributed by atoms with Gasteiger partial charge in [-0.25, -0.2) is 9.18 Å². The van der Waals surface area contributed by atoms with E-state index in [1.54, 1.807) is 29.2 Å². The molecule has 1 aromatic heterocycles. The standard InChI is InChI=1S/C25H20Cl2FN3O/c1-14-20(27)3-2-4-21(14)30-25(32)31-12-11-18-19-13-16(26)7-10-22(19)29-23(18)24(31)15-5-8-17(28)9-6-15/h2-10,13,24,29H,11-12H2,1H3,(H,30,32)/t24-/m1/s1. The molecule has 2 N–H and O–H groups in total. The summed E-state index contributed by atoms with van der Waals surface area (Å²) in [6, 6.07) is 16.8. The van der Waals surface area contributed by atoms with Gasteiger partial charge in [0.2, 0.25) is 0 Å². The van der Waals surface area contributed by atoms with E-state index in [0.717, 1.165) is 33.3 Å². The number of rotatable bonds is 2. The van der Waals surface area contributed by atoms with Gasteiger partial charge in [0.25, 0.3) is 0 Å². The minimum atomic E-state index is -0.398. The van der Waals surface area contributed by atoms with Gasteiger partial charge in [-0.1, -0.05) is 41.4 Å². The highest BCUT2D eigenvalue weighted by molar-refractivity contribution is 6.32. The zero-order valence-electron chi connectivity index (χ0n) is 17.3. The average molecular weight is 468 g/mol. The largest absolute Gasteiger partial charge is 0.356 e.